The van der Waals surface area contributed by atoms with Crippen LogP contribution in [0.3, 0.4) is 0 Å². The third-order valence-electron chi connectivity index (χ3n) is 2.96. The van der Waals surface area contributed by atoms with Crippen LogP contribution in [0.5, 0.6) is 0 Å². The van der Waals surface area contributed by atoms with Gasteiger partial charge in [0.25, 0.3) is 0 Å². The van der Waals surface area contributed by atoms with E-state index in [1.165, 1.54) is 0 Å². The van der Waals surface area contributed by atoms with Gasteiger partial charge >= 0.3 is 0 Å². The summed E-state index contributed by atoms with van der Waals surface area (Å²) in [6.07, 6.45) is 3.20. The Labute approximate surface area is 72.5 Å². The van der Waals surface area contributed by atoms with Gasteiger partial charge in [-0.2, -0.15) is 0 Å². The Balaban J connectivity index is 2.05. The smallest absolute Gasteiger partial charge is 0.220 e. The van der Waals surface area contributed by atoms with Crippen LogP contribution in [-0.2, 0) is 9.53 Å². The minimum atomic E-state index is 0.0631. The fourth-order valence-corrected chi connectivity index (χ4v) is 2.15. The summed E-state index contributed by atoms with van der Waals surface area (Å²) in [5, 5.41) is 2.87. The number of carbonyl (C=O) groups excluding carboxylic acids is 1. The van der Waals surface area contributed by atoms with E-state index >= 15 is 0 Å². The number of ether oxygens (including phenoxy) is 1. The second kappa shape index (κ2) is 2.73. The van der Waals surface area contributed by atoms with Crippen LogP contribution in [0, 0.1) is 5.41 Å². The third-order valence-corrected chi connectivity index (χ3v) is 2.96. The summed E-state index contributed by atoms with van der Waals surface area (Å²) in [6, 6.07) is 0. The average molecular weight is 169 g/mol. The summed E-state index contributed by atoms with van der Waals surface area (Å²) >= 11 is 0. The number of amides is 1. The molecule has 2 aliphatic heterocycles. The molecule has 0 spiro atoms. The van der Waals surface area contributed by atoms with Crippen LogP contribution < -0.4 is 5.32 Å². The molecule has 1 amide bonds. The van der Waals surface area contributed by atoms with E-state index in [0.29, 0.717) is 12.5 Å². The van der Waals surface area contributed by atoms with Crippen molar-refractivity contribution in [3.63, 3.8) is 0 Å². The second-order valence-electron chi connectivity index (χ2n) is 4.11. The molecule has 2 atom stereocenters. The molecule has 2 rings (SSSR count). The van der Waals surface area contributed by atoms with Crippen LogP contribution in [0.1, 0.15) is 26.2 Å². The largest absolute Gasteiger partial charge is 0.378 e. The van der Waals surface area contributed by atoms with Crippen molar-refractivity contribution in [2.45, 2.75) is 32.3 Å². The van der Waals surface area contributed by atoms with E-state index in [9.17, 15) is 4.79 Å². The molecule has 0 aromatic carbocycles. The fourth-order valence-electron chi connectivity index (χ4n) is 2.15. The predicted octanol–water partition coefficient (Wildman–Crippen LogP) is 0.692. The summed E-state index contributed by atoms with van der Waals surface area (Å²) in [6.45, 7) is 3.80. The van der Waals surface area contributed by atoms with Crippen LogP contribution >= 0.6 is 0 Å². The molecular weight excluding hydrogens is 154 g/mol. The van der Waals surface area contributed by atoms with Crippen LogP contribution in [0.25, 0.3) is 0 Å². The molecule has 3 heteroatoms. The van der Waals surface area contributed by atoms with Crippen molar-refractivity contribution in [1.29, 1.82) is 0 Å². The minimum Gasteiger partial charge on any atom is -0.378 e. The average Bonchev–Trinajstić information content (AvgIpc) is 2.59. The molecule has 2 unspecified atom stereocenters. The molecule has 0 radical (unpaired) electrons. The Morgan fingerprint density at radius 3 is 3.00 bits per heavy atom. The molecule has 0 bridgehead atoms. The van der Waals surface area contributed by atoms with Crippen molar-refractivity contribution in [3.8, 4) is 0 Å². The van der Waals surface area contributed by atoms with Crippen LogP contribution in [0.15, 0.2) is 0 Å². The first-order valence-electron chi connectivity index (χ1n) is 4.59. The van der Waals surface area contributed by atoms with Crippen molar-refractivity contribution in [1.82, 2.24) is 5.32 Å². The monoisotopic (exact) mass is 169 g/mol. The van der Waals surface area contributed by atoms with Gasteiger partial charge in [0.2, 0.25) is 5.91 Å². The summed E-state index contributed by atoms with van der Waals surface area (Å²) < 4.78 is 5.60. The van der Waals surface area contributed by atoms with Gasteiger partial charge in [0.1, 0.15) is 0 Å². The van der Waals surface area contributed by atoms with E-state index in [1.807, 2.05) is 0 Å². The van der Waals surface area contributed by atoms with Crippen LogP contribution in [-0.4, -0.2) is 25.2 Å². The highest BCUT2D eigenvalue weighted by Crippen LogP contribution is 2.36. The lowest BCUT2D eigenvalue weighted by molar-refractivity contribution is -0.120. The molecule has 0 aromatic heterocycles. The van der Waals surface area contributed by atoms with Gasteiger partial charge in [-0.25, -0.2) is 0 Å². The highest BCUT2D eigenvalue weighted by molar-refractivity contribution is 5.79. The minimum absolute atomic E-state index is 0.0631. The van der Waals surface area contributed by atoms with Gasteiger partial charge in [0, 0.05) is 25.0 Å². The zero-order valence-corrected chi connectivity index (χ0v) is 7.43. The summed E-state index contributed by atoms with van der Waals surface area (Å²) in [5.41, 5.74) is 0.0631. The van der Waals surface area contributed by atoms with Crippen LogP contribution in [0.4, 0.5) is 0 Å². The Morgan fingerprint density at radius 1 is 1.67 bits per heavy atom. The highest BCUT2D eigenvalue weighted by atomic mass is 16.5. The van der Waals surface area contributed by atoms with Gasteiger partial charge in [-0.3, -0.25) is 4.79 Å². The lowest BCUT2D eigenvalue weighted by Crippen LogP contribution is -2.33. The van der Waals surface area contributed by atoms with Crippen molar-refractivity contribution in [2.75, 3.05) is 13.2 Å². The Bertz CT molecular complexity index is 199. The molecule has 2 aliphatic rings. The second-order valence-corrected chi connectivity index (χ2v) is 4.11. The highest BCUT2D eigenvalue weighted by Gasteiger charge is 2.42. The summed E-state index contributed by atoms with van der Waals surface area (Å²) in [5.74, 6) is 0.174. The molecule has 2 saturated heterocycles. The van der Waals surface area contributed by atoms with Gasteiger partial charge < -0.3 is 10.1 Å². The molecule has 1 N–H and O–H groups in total. The normalized spacial score (nSPS) is 41.8. The van der Waals surface area contributed by atoms with Crippen molar-refractivity contribution >= 4 is 5.91 Å². The molecule has 0 saturated carbocycles. The standard InChI is InChI=1S/C9H15NO2/c1-9(5-8(11)10-6-9)7-3-2-4-12-7/h7H,2-6H2,1H3,(H,10,11). The molecule has 2 fully saturated rings. The van der Waals surface area contributed by atoms with Crippen molar-refractivity contribution in [3.05, 3.63) is 0 Å². The number of hydrogen-bond acceptors (Lipinski definition) is 2. The lowest BCUT2D eigenvalue weighted by atomic mass is 9.82. The lowest BCUT2D eigenvalue weighted by Gasteiger charge is -2.27. The van der Waals surface area contributed by atoms with Gasteiger partial charge in [0.15, 0.2) is 0 Å². The number of rotatable bonds is 1. The fraction of sp³-hybridized carbons (Fsp3) is 0.889. The van der Waals surface area contributed by atoms with Gasteiger partial charge in [-0.1, -0.05) is 6.92 Å². The zero-order valence-electron chi connectivity index (χ0n) is 7.43. The maximum atomic E-state index is 11.0. The molecule has 2 heterocycles. The molecule has 3 nitrogen and oxygen atoms in total. The van der Waals surface area contributed by atoms with E-state index in [0.717, 1.165) is 26.0 Å². The first-order chi connectivity index (χ1) is 5.71. The Hall–Kier alpha value is -0.570. The van der Waals surface area contributed by atoms with E-state index in [4.69, 9.17) is 4.74 Å². The number of carbonyl (C=O) groups is 1. The van der Waals surface area contributed by atoms with E-state index in [2.05, 4.69) is 12.2 Å². The Morgan fingerprint density at radius 2 is 2.50 bits per heavy atom. The van der Waals surface area contributed by atoms with Crippen LogP contribution in [0.2, 0.25) is 0 Å². The van der Waals surface area contributed by atoms with Gasteiger partial charge in [-0.15, -0.1) is 0 Å². The summed E-state index contributed by atoms with van der Waals surface area (Å²) in [4.78, 5) is 11.0. The van der Waals surface area contributed by atoms with Crippen molar-refractivity contribution in [2.24, 2.45) is 5.41 Å². The maximum absolute atomic E-state index is 11.0. The first-order valence-corrected chi connectivity index (χ1v) is 4.59. The number of hydrogen-bond donors (Lipinski definition) is 1. The van der Waals surface area contributed by atoms with E-state index < -0.39 is 0 Å². The first kappa shape index (κ1) is 8.05. The predicted molar refractivity (Wildman–Crippen MR) is 44.7 cm³/mol. The zero-order chi connectivity index (χ0) is 8.60. The Kier molecular flexibility index (Phi) is 1.83. The molecule has 68 valence electrons. The quantitative estimate of drug-likeness (QED) is 0.627. The molecule has 0 aliphatic carbocycles. The van der Waals surface area contributed by atoms with E-state index in [1.54, 1.807) is 0 Å². The van der Waals surface area contributed by atoms with E-state index in [-0.39, 0.29) is 11.3 Å². The molecule has 0 aromatic rings. The molecule has 12 heavy (non-hydrogen) atoms. The van der Waals surface area contributed by atoms with Crippen molar-refractivity contribution < 1.29 is 9.53 Å². The third kappa shape index (κ3) is 1.22. The SMILES string of the molecule is CC1(C2CCCO2)CNC(=O)C1. The number of nitrogens with one attached hydrogen (secondary N) is 1. The summed E-state index contributed by atoms with van der Waals surface area (Å²) in [7, 11) is 0. The van der Waals surface area contributed by atoms with Gasteiger partial charge in [-0.05, 0) is 12.8 Å². The topological polar surface area (TPSA) is 38.3 Å². The van der Waals surface area contributed by atoms with Gasteiger partial charge in [0.05, 0.1) is 6.10 Å². The maximum Gasteiger partial charge on any atom is 0.220 e. The molecular formula is C9H15NO2.